The molecule has 0 aliphatic carbocycles. The zero-order chi connectivity index (χ0) is 32.6. The Morgan fingerprint density at radius 3 is 1.95 bits per heavy atom. The average Bonchev–Trinajstić information content (AvgIpc) is 3.03. The van der Waals surface area contributed by atoms with E-state index in [9.17, 15) is 41.9 Å². The molecule has 0 aromatic heterocycles. The molecule has 0 atom stereocenters. The van der Waals surface area contributed by atoms with Crippen molar-refractivity contribution in [1.82, 2.24) is 21.3 Å². The second-order valence-corrected chi connectivity index (χ2v) is 9.22. The van der Waals surface area contributed by atoms with Crippen LogP contribution in [0.3, 0.4) is 0 Å². The number of ether oxygens (including phenoxy) is 1. The summed E-state index contributed by atoms with van der Waals surface area (Å²) >= 11 is 0.761. The Morgan fingerprint density at radius 1 is 0.818 bits per heavy atom. The summed E-state index contributed by atoms with van der Waals surface area (Å²) < 4.78 is 47.4. The molecule has 19 heteroatoms. The number of benzene rings is 2. The van der Waals surface area contributed by atoms with Crippen LogP contribution in [0.1, 0.15) is 20.7 Å². The molecular formula is C25H25F3N8O7S. The Kier molecular flexibility index (Phi) is 14.0. The number of thioether (sulfide) groups is 1. The minimum atomic E-state index is -1.90. The van der Waals surface area contributed by atoms with Crippen LogP contribution in [0.2, 0.25) is 0 Å². The molecule has 0 saturated heterocycles. The number of hydrogen-bond acceptors (Lipinski definition) is 10. The average molecular weight is 639 g/mol. The first-order valence-electron chi connectivity index (χ1n) is 12.4. The molecular weight excluding hydrogens is 613 g/mol. The second kappa shape index (κ2) is 17.6. The summed E-state index contributed by atoms with van der Waals surface area (Å²) in [7, 11) is 0.846. The van der Waals surface area contributed by atoms with Crippen LogP contribution >= 0.6 is 11.8 Å². The fraction of sp³-hybridized carbons (Fsp3) is 0.280. The lowest BCUT2D eigenvalue weighted by Gasteiger charge is -2.15. The summed E-state index contributed by atoms with van der Waals surface area (Å²) in [6.45, 7) is -2.10. The highest BCUT2D eigenvalue weighted by Crippen LogP contribution is 2.35. The number of amides is 4. The van der Waals surface area contributed by atoms with Gasteiger partial charge in [-0.25, -0.2) is 18.0 Å². The van der Waals surface area contributed by atoms with Crippen LogP contribution in [-0.4, -0.2) is 80.3 Å². The van der Waals surface area contributed by atoms with E-state index < -0.39 is 83.6 Å². The minimum absolute atomic E-state index is 0.217. The predicted octanol–water partition coefficient (Wildman–Crippen LogP) is 1.28. The first kappa shape index (κ1) is 34.9. The third-order valence-electron chi connectivity index (χ3n) is 5.26. The van der Waals surface area contributed by atoms with Crippen LogP contribution in [-0.2, 0) is 23.9 Å². The molecule has 44 heavy (non-hydrogen) atoms. The van der Waals surface area contributed by atoms with Crippen molar-refractivity contribution in [2.24, 2.45) is 5.11 Å². The molecule has 5 N–H and O–H groups in total. The van der Waals surface area contributed by atoms with Gasteiger partial charge >= 0.3 is 5.97 Å². The smallest absolute Gasteiger partial charge is 0.343 e. The summed E-state index contributed by atoms with van der Waals surface area (Å²) in [5.74, 6) is -9.69. The van der Waals surface area contributed by atoms with Gasteiger partial charge in [0, 0.05) is 23.6 Å². The zero-order valence-electron chi connectivity index (χ0n) is 22.9. The summed E-state index contributed by atoms with van der Waals surface area (Å²) in [5.41, 5.74) is 5.58. The van der Waals surface area contributed by atoms with Crippen molar-refractivity contribution in [3.63, 3.8) is 0 Å². The van der Waals surface area contributed by atoms with Crippen molar-refractivity contribution >= 4 is 57.8 Å². The molecule has 0 radical (unpaired) electrons. The maximum absolute atomic E-state index is 14.7. The highest BCUT2D eigenvalue weighted by Gasteiger charge is 2.29. The number of carbonyl (C=O) groups excluding carboxylic acids is 6. The van der Waals surface area contributed by atoms with Gasteiger partial charge in [-0.05, 0) is 5.53 Å². The predicted molar refractivity (Wildman–Crippen MR) is 150 cm³/mol. The van der Waals surface area contributed by atoms with Crippen LogP contribution in [0.5, 0.6) is 0 Å². The van der Waals surface area contributed by atoms with Crippen molar-refractivity contribution in [3.05, 3.63) is 69.4 Å². The van der Waals surface area contributed by atoms with Gasteiger partial charge in [-0.1, -0.05) is 47.2 Å². The Labute approximate surface area is 251 Å². The van der Waals surface area contributed by atoms with E-state index in [0.717, 1.165) is 18.9 Å². The first-order chi connectivity index (χ1) is 21.0. The fourth-order valence-electron chi connectivity index (χ4n) is 3.19. The second-order valence-electron chi connectivity index (χ2n) is 8.27. The normalized spacial score (nSPS) is 10.1. The first-order valence-corrected chi connectivity index (χ1v) is 13.3. The Morgan fingerprint density at radius 2 is 1.39 bits per heavy atom. The van der Waals surface area contributed by atoms with Crippen molar-refractivity contribution < 1.29 is 46.7 Å². The number of nitrogens with zero attached hydrogens (tertiary/aromatic N) is 3. The van der Waals surface area contributed by atoms with Gasteiger partial charge in [-0.3, -0.25) is 24.0 Å². The summed E-state index contributed by atoms with van der Waals surface area (Å²) in [6, 6.07) is 8.30. The van der Waals surface area contributed by atoms with Gasteiger partial charge in [0.25, 0.3) is 0 Å². The lowest BCUT2D eigenvalue weighted by atomic mass is 10.1. The third-order valence-corrected chi connectivity index (χ3v) is 6.17. The SMILES string of the molecule is COC(=O)c1c(F)c(F)c(N=[N+]=[N-])c(F)c1NCCNC(=O)CNC(=O)CNC(=O)CNC(=O)CSC(=O)c1ccccc1. The number of nitrogens with one attached hydrogen (secondary N) is 5. The molecule has 0 saturated carbocycles. The van der Waals surface area contributed by atoms with Crippen LogP contribution in [0.4, 0.5) is 24.5 Å². The minimum Gasteiger partial charge on any atom is -0.465 e. The van der Waals surface area contributed by atoms with Gasteiger partial charge in [-0.2, -0.15) is 0 Å². The lowest BCUT2D eigenvalue weighted by molar-refractivity contribution is -0.128. The van der Waals surface area contributed by atoms with Crippen molar-refractivity contribution in [1.29, 1.82) is 0 Å². The zero-order valence-corrected chi connectivity index (χ0v) is 23.7. The van der Waals surface area contributed by atoms with Crippen LogP contribution < -0.4 is 26.6 Å². The fourth-order valence-corrected chi connectivity index (χ4v) is 3.86. The largest absolute Gasteiger partial charge is 0.465 e. The van der Waals surface area contributed by atoms with Gasteiger partial charge in [-0.15, -0.1) is 0 Å². The Balaban J connectivity index is 1.70. The topological polar surface area (TPSA) is 221 Å². The van der Waals surface area contributed by atoms with Gasteiger partial charge < -0.3 is 31.3 Å². The molecule has 0 heterocycles. The monoisotopic (exact) mass is 638 g/mol. The number of carbonyl (C=O) groups is 6. The van der Waals surface area contributed by atoms with Crippen molar-refractivity contribution in [3.8, 4) is 0 Å². The molecule has 0 aliphatic rings. The number of rotatable bonds is 15. The maximum atomic E-state index is 14.7. The number of hydrogen-bond donors (Lipinski definition) is 5. The van der Waals surface area contributed by atoms with Gasteiger partial charge in [0.15, 0.2) is 17.5 Å². The third kappa shape index (κ3) is 10.5. The molecule has 0 bridgehead atoms. The Bertz CT molecular complexity index is 1470. The van der Waals surface area contributed by atoms with E-state index in [-0.39, 0.29) is 24.0 Å². The quantitative estimate of drug-likeness (QED) is 0.0473. The van der Waals surface area contributed by atoms with E-state index in [1.54, 1.807) is 30.3 Å². The molecule has 2 aromatic rings. The molecule has 2 rings (SSSR count). The molecule has 234 valence electrons. The molecule has 15 nitrogen and oxygen atoms in total. The number of methoxy groups -OCH3 is 1. The summed E-state index contributed by atoms with van der Waals surface area (Å²) in [5, 5.41) is 13.8. The molecule has 0 fully saturated rings. The van der Waals surface area contributed by atoms with Crippen LogP contribution in [0, 0.1) is 17.5 Å². The summed E-state index contributed by atoms with van der Waals surface area (Å²) in [4.78, 5) is 73.6. The number of anilines is 1. The van der Waals surface area contributed by atoms with Crippen molar-refractivity contribution in [2.45, 2.75) is 0 Å². The molecule has 0 unspecified atom stereocenters. The van der Waals surface area contributed by atoms with Gasteiger partial charge in [0.2, 0.25) is 28.7 Å². The van der Waals surface area contributed by atoms with E-state index in [4.69, 9.17) is 5.53 Å². The molecule has 4 amide bonds. The van der Waals surface area contributed by atoms with E-state index in [0.29, 0.717) is 5.56 Å². The van der Waals surface area contributed by atoms with Crippen LogP contribution in [0.25, 0.3) is 10.4 Å². The maximum Gasteiger partial charge on any atom is 0.343 e. The van der Waals surface area contributed by atoms with Gasteiger partial charge in [0.05, 0.1) is 38.2 Å². The highest BCUT2D eigenvalue weighted by atomic mass is 32.2. The Hall–Kier alpha value is -5.29. The lowest BCUT2D eigenvalue weighted by Crippen LogP contribution is -2.45. The van der Waals surface area contributed by atoms with E-state index in [2.05, 4.69) is 41.3 Å². The molecule has 0 spiro atoms. The van der Waals surface area contributed by atoms with E-state index >= 15 is 0 Å². The molecule has 0 aliphatic heterocycles. The molecule has 2 aromatic carbocycles. The van der Waals surface area contributed by atoms with Crippen LogP contribution in [0.15, 0.2) is 35.4 Å². The van der Waals surface area contributed by atoms with Gasteiger partial charge in [0.1, 0.15) is 11.3 Å². The number of azide groups is 1. The van der Waals surface area contributed by atoms with E-state index in [1.807, 2.05) is 0 Å². The highest BCUT2D eigenvalue weighted by molar-refractivity contribution is 8.14. The number of halogens is 3. The standard InChI is InChI=1S/C25H25F3N8O7S/c1-43-24(41)18-19(26)20(27)23(35-36-29)21(28)22(18)31-8-7-30-14(37)9-32-15(38)10-33-16(39)11-34-17(40)12-44-25(42)13-5-3-2-4-6-13/h2-6,31H,7-12H2,1H3,(H,30,37)(H,32,38)(H,33,39)(H,34,40). The summed E-state index contributed by atoms with van der Waals surface area (Å²) in [6.07, 6.45) is 0. The number of esters is 1. The van der Waals surface area contributed by atoms with E-state index in [1.165, 1.54) is 0 Å². The van der Waals surface area contributed by atoms with Crippen molar-refractivity contribution in [2.75, 3.05) is 50.9 Å².